The highest BCUT2D eigenvalue weighted by atomic mass is 79.9. The average Bonchev–Trinajstić information content (AvgIpc) is 2.14. The lowest BCUT2D eigenvalue weighted by Gasteiger charge is -2.40. The maximum atomic E-state index is 6.20. The Kier molecular flexibility index (Phi) is 3.64. The summed E-state index contributed by atoms with van der Waals surface area (Å²) in [6.45, 7) is 0. The molecular weight excluding hydrogens is 295 g/mol. The predicted molar refractivity (Wildman–Crippen MR) is 69.9 cm³/mol. The molecule has 1 aromatic carbocycles. The quantitative estimate of drug-likeness (QED) is 0.685. The lowest BCUT2D eigenvalue weighted by atomic mass is 9.67. The molecule has 0 aromatic heterocycles. The molecule has 0 heterocycles. The standard InChI is InChI=1S/C12H13BrCl2/c13-10-3-2-9(11(15)6-10)7-12(8-14)4-1-5-12/h2-3,6H,1,4-5,7-8H2. The Morgan fingerprint density at radius 2 is 2.07 bits per heavy atom. The van der Waals surface area contributed by atoms with Gasteiger partial charge in [-0.15, -0.1) is 11.6 Å². The van der Waals surface area contributed by atoms with Crippen LogP contribution in [-0.2, 0) is 6.42 Å². The smallest absolute Gasteiger partial charge is 0.0449 e. The van der Waals surface area contributed by atoms with Gasteiger partial charge in [-0.1, -0.05) is 40.0 Å². The second-order valence-corrected chi connectivity index (χ2v) is 5.99. The van der Waals surface area contributed by atoms with Crippen molar-refractivity contribution in [1.29, 1.82) is 0 Å². The highest BCUT2D eigenvalue weighted by Gasteiger charge is 2.36. The largest absolute Gasteiger partial charge is 0.126 e. The van der Waals surface area contributed by atoms with Gasteiger partial charge in [0, 0.05) is 15.4 Å². The van der Waals surface area contributed by atoms with Crippen LogP contribution in [0, 0.1) is 5.41 Å². The molecule has 0 radical (unpaired) electrons. The Hall–Kier alpha value is 0.280. The molecule has 1 aliphatic carbocycles. The van der Waals surface area contributed by atoms with Gasteiger partial charge in [-0.25, -0.2) is 0 Å². The van der Waals surface area contributed by atoms with Crippen LogP contribution in [0.25, 0.3) is 0 Å². The summed E-state index contributed by atoms with van der Waals surface area (Å²) in [5, 5.41) is 0.848. The molecule has 0 unspecified atom stereocenters. The van der Waals surface area contributed by atoms with E-state index in [9.17, 15) is 0 Å². The molecule has 1 fully saturated rings. The number of rotatable bonds is 3. The molecule has 0 amide bonds. The molecule has 0 aliphatic heterocycles. The van der Waals surface area contributed by atoms with E-state index in [-0.39, 0.29) is 0 Å². The number of benzene rings is 1. The average molecular weight is 308 g/mol. The SMILES string of the molecule is ClCC1(Cc2ccc(Br)cc2Cl)CCC1. The lowest BCUT2D eigenvalue weighted by Crippen LogP contribution is -2.33. The maximum absolute atomic E-state index is 6.20. The maximum Gasteiger partial charge on any atom is 0.0449 e. The molecule has 0 saturated heterocycles. The molecule has 15 heavy (non-hydrogen) atoms. The van der Waals surface area contributed by atoms with E-state index in [1.165, 1.54) is 24.8 Å². The molecule has 0 atom stereocenters. The fourth-order valence-corrected chi connectivity index (χ4v) is 3.21. The zero-order valence-corrected chi connectivity index (χ0v) is 11.5. The molecule has 1 saturated carbocycles. The van der Waals surface area contributed by atoms with Crippen molar-refractivity contribution < 1.29 is 0 Å². The fraction of sp³-hybridized carbons (Fsp3) is 0.500. The molecular formula is C12H13BrCl2. The summed E-state index contributed by atoms with van der Waals surface area (Å²) in [5.74, 6) is 0.749. The molecule has 82 valence electrons. The third-order valence-electron chi connectivity index (χ3n) is 3.28. The van der Waals surface area contributed by atoms with Crippen LogP contribution in [0.15, 0.2) is 22.7 Å². The van der Waals surface area contributed by atoms with Crippen molar-refractivity contribution >= 4 is 39.1 Å². The van der Waals surface area contributed by atoms with Gasteiger partial charge in [0.2, 0.25) is 0 Å². The topological polar surface area (TPSA) is 0 Å². The van der Waals surface area contributed by atoms with Gasteiger partial charge in [-0.05, 0) is 42.4 Å². The number of hydrogen-bond acceptors (Lipinski definition) is 0. The van der Waals surface area contributed by atoms with Crippen LogP contribution in [0.2, 0.25) is 5.02 Å². The third kappa shape index (κ3) is 2.51. The van der Waals surface area contributed by atoms with Crippen LogP contribution < -0.4 is 0 Å². The van der Waals surface area contributed by atoms with Crippen molar-refractivity contribution in [3.63, 3.8) is 0 Å². The molecule has 3 heteroatoms. The van der Waals surface area contributed by atoms with E-state index in [4.69, 9.17) is 23.2 Å². The summed E-state index contributed by atoms with van der Waals surface area (Å²) in [5.41, 5.74) is 1.54. The van der Waals surface area contributed by atoms with Gasteiger partial charge in [-0.2, -0.15) is 0 Å². The minimum Gasteiger partial charge on any atom is -0.126 e. The Morgan fingerprint density at radius 1 is 1.33 bits per heavy atom. The Morgan fingerprint density at radius 3 is 2.53 bits per heavy atom. The summed E-state index contributed by atoms with van der Waals surface area (Å²) >= 11 is 15.7. The van der Waals surface area contributed by atoms with E-state index < -0.39 is 0 Å². The van der Waals surface area contributed by atoms with Gasteiger partial charge in [0.25, 0.3) is 0 Å². The van der Waals surface area contributed by atoms with E-state index in [1.54, 1.807) is 0 Å². The molecule has 0 bridgehead atoms. The van der Waals surface area contributed by atoms with Crippen LogP contribution in [0.3, 0.4) is 0 Å². The number of hydrogen-bond donors (Lipinski definition) is 0. The zero-order valence-electron chi connectivity index (χ0n) is 8.40. The minimum absolute atomic E-state index is 0.318. The third-order valence-corrected chi connectivity index (χ3v) is 4.69. The number of alkyl halides is 1. The predicted octanol–water partition coefficient (Wildman–Crippen LogP) is 5.05. The van der Waals surface area contributed by atoms with Gasteiger partial charge in [-0.3, -0.25) is 0 Å². The van der Waals surface area contributed by atoms with Crippen LogP contribution in [0.5, 0.6) is 0 Å². The van der Waals surface area contributed by atoms with Crippen LogP contribution in [0.1, 0.15) is 24.8 Å². The zero-order chi connectivity index (χ0) is 10.9. The lowest BCUT2D eigenvalue weighted by molar-refractivity contribution is 0.166. The molecule has 2 rings (SSSR count). The first-order valence-corrected chi connectivity index (χ1v) is 6.86. The van der Waals surface area contributed by atoms with Gasteiger partial charge in [0.1, 0.15) is 0 Å². The molecule has 0 spiro atoms. The Bertz CT molecular complexity index is 353. The molecule has 0 N–H and O–H groups in total. The summed E-state index contributed by atoms with van der Waals surface area (Å²) in [7, 11) is 0. The fourth-order valence-electron chi connectivity index (χ4n) is 2.10. The first-order chi connectivity index (χ1) is 7.15. The van der Waals surface area contributed by atoms with Crippen LogP contribution >= 0.6 is 39.1 Å². The van der Waals surface area contributed by atoms with E-state index in [0.717, 1.165) is 21.8 Å². The second kappa shape index (κ2) is 4.65. The second-order valence-electron chi connectivity index (χ2n) is 4.40. The van der Waals surface area contributed by atoms with Crippen LogP contribution in [-0.4, -0.2) is 5.88 Å². The van der Waals surface area contributed by atoms with Gasteiger partial charge in [0.05, 0.1) is 0 Å². The Labute approximate surface area is 109 Å². The van der Waals surface area contributed by atoms with Crippen molar-refractivity contribution in [2.75, 3.05) is 5.88 Å². The normalized spacial score (nSPS) is 18.6. The molecule has 1 aromatic rings. The Balaban J connectivity index is 2.16. The first kappa shape index (κ1) is 11.8. The van der Waals surface area contributed by atoms with Crippen molar-refractivity contribution in [3.05, 3.63) is 33.3 Å². The van der Waals surface area contributed by atoms with E-state index in [0.29, 0.717) is 5.41 Å². The summed E-state index contributed by atoms with van der Waals surface area (Å²) in [6.07, 6.45) is 4.80. The molecule has 1 aliphatic rings. The van der Waals surface area contributed by atoms with Gasteiger partial charge >= 0.3 is 0 Å². The van der Waals surface area contributed by atoms with Crippen LogP contribution in [0.4, 0.5) is 0 Å². The summed E-state index contributed by atoms with van der Waals surface area (Å²) in [4.78, 5) is 0. The van der Waals surface area contributed by atoms with Gasteiger partial charge < -0.3 is 0 Å². The first-order valence-electron chi connectivity index (χ1n) is 5.15. The highest BCUT2D eigenvalue weighted by molar-refractivity contribution is 9.10. The summed E-state index contributed by atoms with van der Waals surface area (Å²) in [6, 6.07) is 6.10. The highest BCUT2D eigenvalue weighted by Crippen LogP contribution is 2.45. The van der Waals surface area contributed by atoms with Crippen molar-refractivity contribution in [3.8, 4) is 0 Å². The molecule has 0 nitrogen and oxygen atoms in total. The van der Waals surface area contributed by atoms with Crippen molar-refractivity contribution in [2.24, 2.45) is 5.41 Å². The monoisotopic (exact) mass is 306 g/mol. The van der Waals surface area contributed by atoms with Crippen molar-refractivity contribution in [1.82, 2.24) is 0 Å². The van der Waals surface area contributed by atoms with Crippen molar-refractivity contribution in [2.45, 2.75) is 25.7 Å². The van der Waals surface area contributed by atoms with Gasteiger partial charge in [0.15, 0.2) is 0 Å². The minimum atomic E-state index is 0.318. The number of halogens is 3. The van der Waals surface area contributed by atoms with E-state index in [1.807, 2.05) is 12.1 Å². The van der Waals surface area contributed by atoms with E-state index >= 15 is 0 Å². The summed E-state index contributed by atoms with van der Waals surface area (Å²) < 4.78 is 1.03. The van der Waals surface area contributed by atoms with E-state index in [2.05, 4.69) is 22.0 Å².